The van der Waals surface area contributed by atoms with E-state index in [4.69, 9.17) is 18.9 Å². The van der Waals surface area contributed by atoms with Crippen LogP contribution in [0.5, 0.6) is 11.5 Å². The lowest BCUT2D eigenvalue weighted by atomic mass is 10.1. The third-order valence-electron chi connectivity index (χ3n) is 4.77. The predicted molar refractivity (Wildman–Crippen MR) is 139 cm³/mol. The highest BCUT2D eigenvalue weighted by molar-refractivity contribution is 9.10. The lowest BCUT2D eigenvalue weighted by molar-refractivity contribution is -0.122. The summed E-state index contributed by atoms with van der Waals surface area (Å²) in [6, 6.07) is 16.9. The molecule has 6 nitrogen and oxygen atoms in total. The largest absolute Gasteiger partial charge is 0.490 e. The van der Waals surface area contributed by atoms with Crippen molar-refractivity contribution in [3.05, 3.63) is 94.2 Å². The molecule has 0 saturated carbocycles. The molecule has 0 unspecified atom stereocenters. The molecular formula is C26H23BrN2O4S. The number of hydrogen-bond donors (Lipinski definition) is 0. The number of rotatable bonds is 9. The van der Waals surface area contributed by atoms with E-state index in [0.29, 0.717) is 47.1 Å². The van der Waals surface area contributed by atoms with Crippen LogP contribution in [0, 0.1) is 0 Å². The van der Waals surface area contributed by atoms with Gasteiger partial charge in [0.25, 0.3) is 5.91 Å². The van der Waals surface area contributed by atoms with Gasteiger partial charge in [-0.15, -0.1) is 0 Å². The molecule has 4 rings (SSSR count). The van der Waals surface area contributed by atoms with Gasteiger partial charge < -0.3 is 13.9 Å². The maximum Gasteiger partial charge on any atom is 0.267 e. The second-order valence-electron chi connectivity index (χ2n) is 7.16. The van der Waals surface area contributed by atoms with E-state index in [1.54, 1.807) is 23.3 Å². The first-order chi connectivity index (χ1) is 16.6. The number of thioether (sulfide) groups is 1. The molecule has 174 valence electrons. The monoisotopic (exact) mass is 538 g/mol. The van der Waals surface area contributed by atoms with Crippen LogP contribution >= 0.6 is 27.7 Å². The fourth-order valence-corrected chi connectivity index (χ4v) is 4.66. The number of benzene rings is 2. The summed E-state index contributed by atoms with van der Waals surface area (Å²) < 4.78 is 17.7. The summed E-state index contributed by atoms with van der Waals surface area (Å²) in [6.07, 6.45) is 5.10. The minimum absolute atomic E-state index is 0.145. The number of amides is 1. The summed E-state index contributed by atoms with van der Waals surface area (Å²) in [4.78, 5) is 20.3. The van der Waals surface area contributed by atoms with Crippen LogP contribution in [-0.4, -0.2) is 29.2 Å². The van der Waals surface area contributed by atoms with E-state index in [-0.39, 0.29) is 5.91 Å². The first-order valence-electron chi connectivity index (χ1n) is 10.7. The number of carbonyl (C=O) groups is 1. The molecule has 1 saturated heterocycles. The van der Waals surface area contributed by atoms with Gasteiger partial charge in [-0.1, -0.05) is 46.8 Å². The minimum Gasteiger partial charge on any atom is -0.490 e. The minimum atomic E-state index is -0.145. The highest BCUT2D eigenvalue weighted by Gasteiger charge is 2.34. The number of aliphatic imine (C=N–C) groups is 1. The molecule has 0 bridgehead atoms. The lowest BCUT2D eigenvalue weighted by Crippen LogP contribution is -2.28. The molecule has 1 aliphatic rings. The van der Waals surface area contributed by atoms with Crippen LogP contribution in [-0.2, 0) is 11.3 Å². The van der Waals surface area contributed by atoms with Gasteiger partial charge in [-0.2, -0.15) is 0 Å². The average Bonchev–Trinajstić information content (AvgIpc) is 3.45. The number of halogens is 1. The molecule has 1 aromatic heterocycles. The van der Waals surface area contributed by atoms with E-state index in [1.807, 2.05) is 61.5 Å². The van der Waals surface area contributed by atoms with Crippen LogP contribution < -0.4 is 9.47 Å². The maximum absolute atomic E-state index is 13.4. The summed E-state index contributed by atoms with van der Waals surface area (Å²) in [5.74, 6) is 1.74. The van der Waals surface area contributed by atoms with Gasteiger partial charge in [0, 0.05) is 4.47 Å². The number of amidine groups is 1. The summed E-state index contributed by atoms with van der Waals surface area (Å²) in [6.45, 7) is 6.74. The van der Waals surface area contributed by atoms with E-state index in [9.17, 15) is 4.79 Å². The van der Waals surface area contributed by atoms with E-state index in [0.717, 1.165) is 15.7 Å². The second-order valence-corrected chi connectivity index (χ2v) is 9.03. The molecule has 0 spiro atoms. The molecule has 2 aromatic carbocycles. The van der Waals surface area contributed by atoms with Gasteiger partial charge in [0.2, 0.25) is 0 Å². The number of hydrogen-bond acceptors (Lipinski definition) is 6. The lowest BCUT2D eigenvalue weighted by Gasteiger charge is -2.14. The van der Waals surface area contributed by atoms with Gasteiger partial charge in [-0.05, 0) is 66.7 Å². The van der Waals surface area contributed by atoms with Crippen molar-refractivity contribution in [3.8, 4) is 11.5 Å². The fourth-order valence-electron chi connectivity index (χ4n) is 3.23. The Morgan fingerprint density at radius 3 is 2.65 bits per heavy atom. The van der Waals surface area contributed by atoms with Crippen molar-refractivity contribution in [1.29, 1.82) is 0 Å². The Morgan fingerprint density at radius 1 is 1.15 bits per heavy atom. The van der Waals surface area contributed by atoms with Crippen LogP contribution in [0.4, 0.5) is 5.69 Å². The van der Waals surface area contributed by atoms with Crippen LogP contribution in [0.3, 0.4) is 0 Å². The Hall–Kier alpha value is -3.23. The Kier molecular flexibility index (Phi) is 7.92. The van der Waals surface area contributed by atoms with E-state index in [2.05, 4.69) is 22.5 Å². The van der Waals surface area contributed by atoms with Crippen molar-refractivity contribution in [2.75, 3.05) is 13.2 Å². The maximum atomic E-state index is 13.4. The molecule has 0 radical (unpaired) electrons. The Morgan fingerprint density at radius 2 is 1.94 bits per heavy atom. The molecule has 3 aromatic rings. The molecule has 8 heteroatoms. The molecule has 1 amide bonds. The molecule has 1 fully saturated rings. The first-order valence-corrected chi connectivity index (χ1v) is 12.3. The van der Waals surface area contributed by atoms with E-state index in [1.165, 1.54) is 11.8 Å². The predicted octanol–water partition coefficient (Wildman–Crippen LogP) is 6.81. The highest BCUT2D eigenvalue weighted by atomic mass is 79.9. The summed E-state index contributed by atoms with van der Waals surface area (Å²) in [7, 11) is 0. The zero-order chi connectivity index (χ0) is 23.9. The zero-order valence-electron chi connectivity index (χ0n) is 18.6. The van der Waals surface area contributed by atoms with Crippen molar-refractivity contribution in [3.63, 3.8) is 0 Å². The van der Waals surface area contributed by atoms with Gasteiger partial charge >= 0.3 is 0 Å². The number of nitrogens with zero attached hydrogens (tertiary/aromatic N) is 2. The van der Waals surface area contributed by atoms with Gasteiger partial charge in [-0.3, -0.25) is 9.69 Å². The van der Waals surface area contributed by atoms with Crippen LogP contribution in [0.1, 0.15) is 18.2 Å². The molecule has 0 atom stereocenters. The molecule has 2 heterocycles. The number of furan rings is 1. The molecule has 1 aliphatic heterocycles. The van der Waals surface area contributed by atoms with Crippen LogP contribution in [0.15, 0.2) is 92.3 Å². The van der Waals surface area contributed by atoms with Gasteiger partial charge in [-0.25, -0.2) is 4.99 Å². The summed E-state index contributed by atoms with van der Waals surface area (Å²) in [5.41, 5.74) is 1.57. The van der Waals surface area contributed by atoms with E-state index >= 15 is 0 Å². The third-order valence-corrected chi connectivity index (χ3v) is 6.46. The number of carbonyl (C=O) groups excluding carboxylic acids is 1. The van der Waals surface area contributed by atoms with Gasteiger partial charge in [0.05, 0.1) is 30.0 Å². The molecule has 0 aliphatic carbocycles. The second kappa shape index (κ2) is 11.3. The topological polar surface area (TPSA) is 64.3 Å². The average molecular weight is 539 g/mol. The highest BCUT2D eigenvalue weighted by Crippen LogP contribution is 2.39. The Bertz CT molecular complexity index is 1220. The van der Waals surface area contributed by atoms with E-state index < -0.39 is 0 Å². The van der Waals surface area contributed by atoms with Crippen LogP contribution in [0.2, 0.25) is 0 Å². The standard InChI is InChI=1S/C26H23BrN2O4S/c1-3-12-33-23-16-21(27)18(14-22(23)31-4-2)15-24-25(30)29(17-20-11-8-13-32-20)26(34-24)28-19-9-6-5-7-10-19/h3,5-11,13-16H,1,4,12,17H2,2H3/b24-15-,28-26?. The Balaban J connectivity index is 1.70. The quantitative estimate of drug-likeness (QED) is 0.221. The third kappa shape index (κ3) is 5.63. The van der Waals surface area contributed by atoms with Crippen molar-refractivity contribution in [2.24, 2.45) is 4.99 Å². The summed E-state index contributed by atoms with van der Waals surface area (Å²) >= 11 is 4.92. The number of para-hydroxylation sites is 1. The number of ether oxygens (including phenoxy) is 2. The van der Waals surface area contributed by atoms with Gasteiger partial charge in [0.15, 0.2) is 16.7 Å². The Labute approximate surface area is 211 Å². The molecule has 0 N–H and O–H groups in total. The fraction of sp³-hybridized carbons (Fsp3) is 0.154. The zero-order valence-corrected chi connectivity index (χ0v) is 21.0. The smallest absolute Gasteiger partial charge is 0.267 e. The molecule has 34 heavy (non-hydrogen) atoms. The van der Waals surface area contributed by atoms with Crippen molar-refractivity contribution in [2.45, 2.75) is 13.5 Å². The van der Waals surface area contributed by atoms with Crippen LogP contribution in [0.25, 0.3) is 6.08 Å². The van der Waals surface area contributed by atoms with Gasteiger partial charge in [0.1, 0.15) is 12.4 Å². The first kappa shape index (κ1) is 23.9. The van der Waals surface area contributed by atoms with Crippen molar-refractivity contribution in [1.82, 2.24) is 4.90 Å². The normalized spacial score (nSPS) is 15.8. The summed E-state index contributed by atoms with van der Waals surface area (Å²) in [5, 5.41) is 0.589. The van der Waals surface area contributed by atoms with Crippen molar-refractivity contribution >= 4 is 50.5 Å². The van der Waals surface area contributed by atoms with Crippen molar-refractivity contribution < 1.29 is 18.7 Å². The SMILES string of the molecule is C=CCOc1cc(Br)c(/C=C2\SC(=Nc3ccccc3)N(Cc3ccco3)C2=O)cc1OCC. The molecular weight excluding hydrogens is 516 g/mol.